The minimum absolute atomic E-state index is 0.135. The molecule has 0 saturated carbocycles. The van der Waals surface area contributed by atoms with E-state index in [1.807, 2.05) is 24.3 Å². The molecule has 0 bridgehead atoms. The second kappa shape index (κ2) is 9.48. The molecule has 1 saturated heterocycles. The highest BCUT2D eigenvalue weighted by molar-refractivity contribution is 6.32. The summed E-state index contributed by atoms with van der Waals surface area (Å²) in [4.78, 5) is 34.7. The Labute approximate surface area is 190 Å². The van der Waals surface area contributed by atoms with Crippen molar-refractivity contribution in [3.8, 4) is 11.5 Å². The van der Waals surface area contributed by atoms with Crippen LogP contribution in [-0.2, 0) is 16.0 Å². The number of amides is 2. The number of hydrogen-bond donors (Lipinski definition) is 2. The minimum Gasteiger partial charge on any atom is -0.495 e. The number of halogens is 1. The highest BCUT2D eigenvalue weighted by atomic mass is 35.5. The van der Waals surface area contributed by atoms with Crippen molar-refractivity contribution in [1.82, 2.24) is 15.3 Å². The van der Waals surface area contributed by atoms with Crippen LogP contribution in [0.25, 0.3) is 11.0 Å². The van der Waals surface area contributed by atoms with Gasteiger partial charge in [-0.05, 0) is 24.6 Å². The number of carbonyl (C=O) groups excluding carboxylic acids is 2. The highest BCUT2D eigenvalue weighted by Crippen LogP contribution is 2.40. The summed E-state index contributed by atoms with van der Waals surface area (Å²) in [5.41, 5.74) is 2.47. The number of benzene rings is 2. The number of carbonyl (C=O) groups is 2. The van der Waals surface area contributed by atoms with E-state index < -0.39 is 5.92 Å². The van der Waals surface area contributed by atoms with E-state index in [-0.39, 0.29) is 24.8 Å². The van der Waals surface area contributed by atoms with Crippen molar-refractivity contribution in [1.29, 1.82) is 0 Å². The number of imidazole rings is 1. The number of H-pyrrole nitrogens is 1. The molecule has 0 unspecified atom stereocenters. The number of para-hydroxylation sites is 2. The second-order valence-corrected chi connectivity index (χ2v) is 8.07. The van der Waals surface area contributed by atoms with Crippen LogP contribution in [0.15, 0.2) is 36.4 Å². The Morgan fingerprint density at radius 1 is 1.25 bits per heavy atom. The quantitative estimate of drug-likeness (QED) is 0.507. The highest BCUT2D eigenvalue weighted by Gasteiger charge is 2.36. The molecule has 0 spiro atoms. The number of methoxy groups -OCH3 is 2. The maximum absolute atomic E-state index is 12.7. The summed E-state index contributed by atoms with van der Waals surface area (Å²) in [6.07, 6.45) is 1.62. The lowest BCUT2D eigenvalue weighted by Crippen LogP contribution is -2.33. The van der Waals surface area contributed by atoms with E-state index in [1.165, 1.54) is 14.2 Å². The maximum Gasteiger partial charge on any atom is 0.227 e. The number of nitrogens with zero attached hydrogens (tertiary/aromatic N) is 2. The molecule has 2 heterocycles. The predicted octanol–water partition coefficient (Wildman–Crippen LogP) is 3.34. The third-order valence-corrected chi connectivity index (χ3v) is 5.86. The zero-order valence-electron chi connectivity index (χ0n) is 18.0. The summed E-state index contributed by atoms with van der Waals surface area (Å²) in [7, 11) is 3.02. The van der Waals surface area contributed by atoms with Crippen molar-refractivity contribution in [2.24, 2.45) is 5.92 Å². The van der Waals surface area contributed by atoms with Gasteiger partial charge in [-0.15, -0.1) is 0 Å². The van der Waals surface area contributed by atoms with E-state index >= 15 is 0 Å². The van der Waals surface area contributed by atoms with Crippen LogP contribution < -0.4 is 19.7 Å². The third kappa shape index (κ3) is 4.50. The van der Waals surface area contributed by atoms with Gasteiger partial charge >= 0.3 is 0 Å². The number of nitrogens with one attached hydrogen (secondary N) is 2. The fourth-order valence-corrected chi connectivity index (χ4v) is 4.14. The van der Waals surface area contributed by atoms with Gasteiger partial charge in [0.15, 0.2) is 0 Å². The van der Waals surface area contributed by atoms with E-state index in [9.17, 15) is 9.59 Å². The predicted molar refractivity (Wildman–Crippen MR) is 122 cm³/mol. The van der Waals surface area contributed by atoms with Crippen molar-refractivity contribution < 1.29 is 19.1 Å². The Bertz CT molecular complexity index is 1110. The molecule has 1 atom stereocenters. The summed E-state index contributed by atoms with van der Waals surface area (Å²) in [5.74, 6) is 1.10. The molecule has 2 aromatic carbocycles. The first-order chi connectivity index (χ1) is 15.5. The van der Waals surface area contributed by atoms with Gasteiger partial charge in [-0.1, -0.05) is 23.7 Å². The molecule has 4 rings (SSSR count). The van der Waals surface area contributed by atoms with Gasteiger partial charge in [-0.3, -0.25) is 9.59 Å². The summed E-state index contributed by atoms with van der Waals surface area (Å²) in [6.45, 7) is 0.783. The summed E-state index contributed by atoms with van der Waals surface area (Å²) >= 11 is 6.24. The molecule has 168 valence electrons. The van der Waals surface area contributed by atoms with Gasteiger partial charge in [0.25, 0.3) is 0 Å². The number of ether oxygens (including phenoxy) is 2. The summed E-state index contributed by atoms with van der Waals surface area (Å²) < 4.78 is 10.6. The van der Waals surface area contributed by atoms with Gasteiger partial charge in [-0.2, -0.15) is 0 Å². The second-order valence-electron chi connectivity index (χ2n) is 7.66. The topological polar surface area (TPSA) is 96.6 Å². The fraction of sp³-hybridized carbons (Fsp3) is 0.348. The van der Waals surface area contributed by atoms with Gasteiger partial charge in [0.1, 0.15) is 17.3 Å². The summed E-state index contributed by atoms with van der Waals surface area (Å²) in [5, 5.41) is 3.31. The van der Waals surface area contributed by atoms with Crippen LogP contribution in [-0.4, -0.2) is 49.1 Å². The van der Waals surface area contributed by atoms with Gasteiger partial charge in [0.2, 0.25) is 11.8 Å². The molecule has 1 fully saturated rings. The van der Waals surface area contributed by atoms with Crippen molar-refractivity contribution in [2.75, 3.05) is 32.2 Å². The van der Waals surface area contributed by atoms with Gasteiger partial charge in [-0.25, -0.2) is 4.98 Å². The average Bonchev–Trinajstić information content (AvgIpc) is 3.39. The summed E-state index contributed by atoms with van der Waals surface area (Å²) in [6, 6.07) is 11.1. The molecule has 8 nitrogen and oxygen atoms in total. The fourth-order valence-electron chi connectivity index (χ4n) is 3.91. The Balaban J connectivity index is 1.32. The van der Waals surface area contributed by atoms with Crippen LogP contribution in [0.1, 0.15) is 18.7 Å². The number of fused-ring (bicyclic) bond motifs is 1. The number of aromatic nitrogens is 2. The molecule has 0 aliphatic carbocycles. The molecule has 32 heavy (non-hydrogen) atoms. The Kier molecular flexibility index (Phi) is 6.50. The normalized spacial score (nSPS) is 15.9. The minimum atomic E-state index is -0.431. The molecular formula is C23H25ClN4O4. The SMILES string of the molecule is COc1cc(OC)c(N2C[C@@H](C(=O)NCCCc3nc4ccccc4[nH]3)CC2=O)cc1Cl. The molecule has 0 radical (unpaired) electrons. The Hall–Kier alpha value is -3.26. The lowest BCUT2D eigenvalue weighted by Gasteiger charge is -2.21. The molecule has 2 N–H and O–H groups in total. The Morgan fingerprint density at radius 2 is 2.03 bits per heavy atom. The molecule has 1 aliphatic heterocycles. The molecule has 9 heteroatoms. The zero-order chi connectivity index (χ0) is 22.7. The number of anilines is 1. The van der Waals surface area contributed by atoms with Gasteiger partial charge in [0, 0.05) is 32.0 Å². The van der Waals surface area contributed by atoms with E-state index in [0.717, 1.165) is 29.7 Å². The van der Waals surface area contributed by atoms with Crippen molar-refractivity contribution in [2.45, 2.75) is 19.3 Å². The van der Waals surface area contributed by atoms with Crippen LogP contribution in [0, 0.1) is 5.92 Å². The van der Waals surface area contributed by atoms with E-state index in [4.69, 9.17) is 21.1 Å². The van der Waals surface area contributed by atoms with Gasteiger partial charge < -0.3 is 24.7 Å². The van der Waals surface area contributed by atoms with Crippen LogP contribution in [0.5, 0.6) is 11.5 Å². The monoisotopic (exact) mass is 456 g/mol. The molecular weight excluding hydrogens is 432 g/mol. The first kappa shape index (κ1) is 22.0. The molecule has 1 aliphatic rings. The molecule has 3 aromatic rings. The van der Waals surface area contributed by atoms with Crippen LogP contribution in [0.3, 0.4) is 0 Å². The Morgan fingerprint density at radius 3 is 2.78 bits per heavy atom. The van der Waals surface area contributed by atoms with E-state index in [0.29, 0.717) is 28.8 Å². The lowest BCUT2D eigenvalue weighted by molar-refractivity contribution is -0.126. The first-order valence-electron chi connectivity index (χ1n) is 10.4. The van der Waals surface area contributed by atoms with E-state index in [1.54, 1.807) is 17.0 Å². The van der Waals surface area contributed by atoms with Crippen molar-refractivity contribution in [3.05, 3.63) is 47.2 Å². The van der Waals surface area contributed by atoms with E-state index in [2.05, 4.69) is 15.3 Å². The van der Waals surface area contributed by atoms with Crippen molar-refractivity contribution in [3.63, 3.8) is 0 Å². The van der Waals surface area contributed by atoms with Crippen LogP contribution in [0.4, 0.5) is 5.69 Å². The largest absolute Gasteiger partial charge is 0.495 e. The average molecular weight is 457 g/mol. The van der Waals surface area contributed by atoms with Crippen LogP contribution in [0.2, 0.25) is 5.02 Å². The lowest BCUT2D eigenvalue weighted by atomic mass is 10.1. The maximum atomic E-state index is 12.7. The number of rotatable bonds is 8. The number of hydrogen-bond acceptors (Lipinski definition) is 5. The zero-order valence-corrected chi connectivity index (χ0v) is 18.7. The van der Waals surface area contributed by atoms with Gasteiger partial charge in [0.05, 0.1) is 41.9 Å². The van der Waals surface area contributed by atoms with Crippen LogP contribution >= 0.6 is 11.6 Å². The first-order valence-corrected chi connectivity index (χ1v) is 10.8. The van der Waals surface area contributed by atoms with Crippen molar-refractivity contribution >= 4 is 40.1 Å². The number of aromatic amines is 1. The number of aryl methyl sites for hydroxylation is 1. The third-order valence-electron chi connectivity index (χ3n) is 5.57. The standard InChI is InChI=1S/C23H25ClN4O4/c1-31-19-12-20(32-2)18(11-15(19)24)28-13-14(10-22(28)29)23(30)25-9-5-8-21-26-16-6-3-4-7-17(16)27-21/h3-4,6-7,11-12,14H,5,8-10,13H2,1-2H3,(H,25,30)(H,26,27)/t14-/m0/s1. The smallest absolute Gasteiger partial charge is 0.227 e. The molecule has 1 aromatic heterocycles. The molecule has 2 amide bonds.